The van der Waals surface area contributed by atoms with E-state index in [4.69, 9.17) is 21.1 Å². The molecule has 0 aliphatic heterocycles. The summed E-state index contributed by atoms with van der Waals surface area (Å²) in [7, 11) is 0. The van der Waals surface area contributed by atoms with Crippen molar-refractivity contribution >= 4 is 34.3 Å². The van der Waals surface area contributed by atoms with Gasteiger partial charge in [-0.05, 0) is 61.2 Å². The number of aryl methyl sites for hydroxylation is 1. The third-order valence-corrected chi connectivity index (χ3v) is 4.50. The lowest BCUT2D eigenvalue weighted by Crippen LogP contribution is -2.07. The average Bonchev–Trinajstić information content (AvgIpc) is 3.08. The van der Waals surface area contributed by atoms with Gasteiger partial charge in [-0.3, -0.25) is 0 Å². The molecule has 2 aromatic carbocycles. The molecule has 1 aromatic heterocycles. The number of aromatic amines is 1. The molecule has 0 aliphatic carbocycles. The summed E-state index contributed by atoms with van der Waals surface area (Å²) in [5.74, 6) is 1.96. The highest BCUT2D eigenvalue weighted by atomic mass is 35.5. The Kier molecular flexibility index (Phi) is 6.46. The van der Waals surface area contributed by atoms with Crippen LogP contribution in [0.5, 0.6) is 11.5 Å². The predicted molar refractivity (Wildman–Crippen MR) is 117 cm³/mol. The predicted octanol–water partition coefficient (Wildman–Crippen LogP) is 6.02. The third-order valence-electron chi connectivity index (χ3n) is 4.22. The highest BCUT2D eigenvalue weighted by molar-refractivity contribution is 6.32. The van der Waals surface area contributed by atoms with Crippen molar-refractivity contribution in [3.63, 3.8) is 0 Å². The van der Waals surface area contributed by atoms with E-state index in [0.717, 1.165) is 22.2 Å². The quantitative estimate of drug-likeness (QED) is 0.484. The Morgan fingerprint density at radius 2 is 2.07 bits per heavy atom. The summed E-state index contributed by atoms with van der Waals surface area (Å²) in [5.41, 5.74) is 3.99. The molecule has 3 aromatic rings. The maximum Gasteiger partial charge on any atom is 0.179 e. The maximum atomic E-state index is 9.70. The van der Waals surface area contributed by atoms with Gasteiger partial charge in [0.25, 0.3) is 0 Å². The van der Waals surface area contributed by atoms with E-state index in [1.54, 1.807) is 12.1 Å². The first-order valence-electron chi connectivity index (χ1n) is 9.59. The Hall–Kier alpha value is -2.97. The fourth-order valence-electron chi connectivity index (χ4n) is 2.90. The molecule has 0 saturated carbocycles. The van der Waals surface area contributed by atoms with Crippen LogP contribution in [0.15, 0.2) is 30.3 Å². The van der Waals surface area contributed by atoms with Crippen LogP contribution in [0.2, 0.25) is 5.02 Å². The monoisotopic (exact) mass is 409 g/mol. The largest absolute Gasteiger partial charge is 0.490 e. The standard InChI is InChI=1S/C23H24ClN3O2/c1-5-28-21-11-16(10-18(24)22(21)29-13-14(2)3)9-17(12-25)23-26-19-7-6-15(4)8-20(19)27-23/h6-11,14H,5,13H2,1-4H3,(H,26,27)/b17-9-. The molecule has 0 amide bonds. The fraction of sp³-hybridized carbons (Fsp3) is 0.304. The number of allylic oxidation sites excluding steroid dienone is 1. The molecule has 0 aliphatic rings. The zero-order chi connectivity index (χ0) is 21.0. The molecule has 0 unspecified atom stereocenters. The zero-order valence-electron chi connectivity index (χ0n) is 17.0. The second kappa shape index (κ2) is 9.02. The number of imidazole rings is 1. The first-order valence-corrected chi connectivity index (χ1v) is 9.96. The lowest BCUT2D eigenvalue weighted by Gasteiger charge is -2.15. The van der Waals surface area contributed by atoms with Crippen LogP contribution in [-0.4, -0.2) is 23.2 Å². The summed E-state index contributed by atoms with van der Waals surface area (Å²) in [6.45, 7) is 9.08. The lowest BCUT2D eigenvalue weighted by molar-refractivity contribution is 0.248. The van der Waals surface area contributed by atoms with Crippen molar-refractivity contribution in [3.05, 3.63) is 52.3 Å². The van der Waals surface area contributed by atoms with Gasteiger partial charge < -0.3 is 14.5 Å². The molecule has 1 N–H and O–H groups in total. The molecule has 0 fully saturated rings. The molecule has 3 rings (SSSR count). The van der Waals surface area contributed by atoms with Gasteiger partial charge in [-0.2, -0.15) is 5.26 Å². The number of aromatic nitrogens is 2. The van der Waals surface area contributed by atoms with E-state index < -0.39 is 0 Å². The highest BCUT2D eigenvalue weighted by Gasteiger charge is 2.14. The van der Waals surface area contributed by atoms with Gasteiger partial charge in [0.2, 0.25) is 0 Å². The molecule has 0 bridgehead atoms. The molecule has 150 valence electrons. The van der Waals surface area contributed by atoms with Crippen LogP contribution in [0.3, 0.4) is 0 Å². The molecule has 1 heterocycles. The number of hydrogen-bond acceptors (Lipinski definition) is 4. The summed E-state index contributed by atoms with van der Waals surface area (Å²) in [6, 6.07) is 11.8. The van der Waals surface area contributed by atoms with E-state index in [0.29, 0.717) is 47.1 Å². The van der Waals surface area contributed by atoms with Crippen molar-refractivity contribution in [3.8, 4) is 17.6 Å². The molecule has 29 heavy (non-hydrogen) atoms. The number of nitrogens with one attached hydrogen (secondary N) is 1. The fourth-order valence-corrected chi connectivity index (χ4v) is 3.17. The van der Waals surface area contributed by atoms with Crippen molar-refractivity contribution in [1.29, 1.82) is 5.26 Å². The van der Waals surface area contributed by atoms with Crippen LogP contribution in [0.25, 0.3) is 22.7 Å². The van der Waals surface area contributed by atoms with Crippen molar-refractivity contribution < 1.29 is 9.47 Å². The molecular formula is C23H24ClN3O2. The summed E-state index contributed by atoms with van der Waals surface area (Å²) in [6.07, 6.45) is 1.74. The summed E-state index contributed by atoms with van der Waals surface area (Å²) in [5, 5.41) is 10.1. The normalized spacial score (nSPS) is 11.7. The van der Waals surface area contributed by atoms with Crippen molar-refractivity contribution in [2.45, 2.75) is 27.7 Å². The molecule has 6 heteroatoms. The van der Waals surface area contributed by atoms with Gasteiger partial charge in [0.15, 0.2) is 11.5 Å². The second-order valence-corrected chi connectivity index (χ2v) is 7.65. The van der Waals surface area contributed by atoms with E-state index >= 15 is 0 Å². The van der Waals surface area contributed by atoms with Crippen LogP contribution in [0.4, 0.5) is 0 Å². The first-order chi connectivity index (χ1) is 13.9. The van der Waals surface area contributed by atoms with E-state index in [1.807, 2.05) is 38.1 Å². The number of hydrogen-bond donors (Lipinski definition) is 1. The number of halogens is 1. The van der Waals surface area contributed by atoms with Crippen LogP contribution in [-0.2, 0) is 0 Å². The molecule has 0 saturated heterocycles. The third kappa shape index (κ3) is 4.90. The second-order valence-electron chi connectivity index (χ2n) is 7.24. The topological polar surface area (TPSA) is 70.9 Å². The van der Waals surface area contributed by atoms with Gasteiger partial charge in [0.1, 0.15) is 11.9 Å². The minimum atomic E-state index is 0.363. The van der Waals surface area contributed by atoms with E-state index in [-0.39, 0.29) is 0 Å². The zero-order valence-corrected chi connectivity index (χ0v) is 17.8. The van der Waals surface area contributed by atoms with Crippen LogP contribution in [0, 0.1) is 24.2 Å². The van der Waals surface area contributed by atoms with Gasteiger partial charge in [-0.15, -0.1) is 0 Å². The molecular weight excluding hydrogens is 386 g/mol. The molecule has 5 nitrogen and oxygen atoms in total. The van der Waals surface area contributed by atoms with Gasteiger partial charge in [-0.1, -0.05) is 31.5 Å². The number of fused-ring (bicyclic) bond motifs is 1. The van der Waals surface area contributed by atoms with Crippen LogP contribution in [0.1, 0.15) is 37.7 Å². The molecule has 0 radical (unpaired) electrons. The summed E-state index contributed by atoms with van der Waals surface area (Å²) in [4.78, 5) is 7.75. The van der Waals surface area contributed by atoms with Crippen LogP contribution >= 0.6 is 11.6 Å². The van der Waals surface area contributed by atoms with E-state index in [9.17, 15) is 5.26 Å². The van der Waals surface area contributed by atoms with E-state index in [1.165, 1.54) is 0 Å². The van der Waals surface area contributed by atoms with Gasteiger partial charge in [0.05, 0.1) is 34.8 Å². The number of nitriles is 1. The molecule has 0 spiro atoms. The average molecular weight is 410 g/mol. The Morgan fingerprint density at radius 1 is 1.28 bits per heavy atom. The Bertz CT molecular complexity index is 1090. The van der Waals surface area contributed by atoms with Crippen molar-refractivity contribution in [2.75, 3.05) is 13.2 Å². The number of H-pyrrole nitrogens is 1. The summed E-state index contributed by atoms with van der Waals surface area (Å²) < 4.78 is 11.6. The number of rotatable bonds is 7. The number of benzene rings is 2. The van der Waals surface area contributed by atoms with Crippen LogP contribution < -0.4 is 9.47 Å². The highest BCUT2D eigenvalue weighted by Crippen LogP contribution is 2.38. The number of nitrogens with zero attached hydrogens (tertiary/aromatic N) is 2. The van der Waals surface area contributed by atoms with Gasteiger partial charge in [0, 0.05) is 0 Å². The SMILES string of the molecule is CCOc1cc(/C=C(/C#N)c2nc3ccc(C)cc3[nH]2)cc(Cl)c1OCC(C)C. The Labute approximate surface area is 175 Å². The smallest absolute Gasteiger partial charge is 0.179 e. The lowest BCUT2D eigenvalue weighted by atomic mass is 10.1. The maximum absolute atomic E-state index is 9.70. The Balaban J connectivity index is 2.00. The first kappa shape index (κ1) is 20.8. The van der Waals surface area contributed by atoms with Gasteiger partial charge >= 0.3 is 0 Å². The minimum Gasteiger partial charge on any atom is -0.490 e. The van der Waals surface area contributed by atoms with Crippen molar-refractivity contribution in [2.24, 2.45) is 5.92 Å². The van der Waals surface area contributed by atoms with Crippen molar-refractivity contribution in [1.82, 2.24) is 9.97 Å². The molecule has 0 atom stereocenters. The number of ether oxygens (including phenoxy) is 2. The Morgan fingerprint density at radius 3 is 2.76 bits per heavy atom. The van der Waals surface area contributed by atoms with E-state index in [2.05, 4.69) is 29.9 Å². The minimum absolute atomic E-state index is 0.363. The summed E-state index contributed by atoms with van der Waals surface area (Å²) >= 11 is 6.47. The van der Waals surface area contributed by atoms with Gasteiger partial charge in [-0.25, -0.2) is 4.98 Å².